The highest BCUT2D eigenvalue weighted by Gasteiger charge is 2.24. The van der Waals surface area contributed by atoms with E-state index in [1.165, 1.54) is 0 Å². The van der Waals surface area contributed by atoms with Crippen LogP contribution in [0.25, 0.3) is 32.7 Å². The number of rotatable bonds is 3. The van der Waals surface area contributed by atoms with Gasteiger partial charge in [0.15, 0.2) is 0 Å². The number of phenolic OH excluding ortho intramolecular Hbond substituents is 2. The fourth-order valence-electron chi connectivity index (χ4n) is 4.12. The molecule has 28 heavy (non-hydrogen) atoms. The van der Waals surface area contributed by atoms with E-state index in [2.05, 4.69) is 0 Å². The predicted molar refractivity (Wildman–Crippen MR) is 113 cm³/mol. The smallest absolute Gasteiger partial charge is 0.130 e. The summed E-state index contributed by atoms with van der Waals surface area (Å²) in [5.41, 5.74) is 3.29. The van der Waals surface area contributed by atoms with E-state index < -0.39 is 0 Å². The van der Waals surface area contributed by atoms with Crippen LogP contribution in [-0.4, -0.2) is 24.4 Å². The Kier molecular flexibility index (Phi) is 4.27. The van der Waals surface area contributed by atoms with Gasteiger partial charge in [-0.2, -0.15) is 0 Å². The maximum Gasteiger partial charge on any atom is 0.130 e. The summed E-state index contributed by atoms with van der Waals surface area (Å²) < 4.78 is 11.5. The molecule has 0 radical (unpaired) electrons. The lowest BCUT2D eigenvalue weighted by molar-refractivity contribution is 0.407. The normalized spacial score (nSPS) is 11.1. The lowest BCUT2D eigenvalue weighted by Gasteiger charge is -2.21. The van der Waals surface area contributed by atoms with Crippen LogP contribution in [0.1, 0.15) is 11.1 Å². The van der Waals surface area contributed by atoms with Gasteiger partial charge in [0.1, 0.15) is 23.0 Å². The molecule has 4 rings (SSSR count). The zero-order valence-corrected chi connectivity index (χ0v) is 16.3. The number of aryl methyl sites for hydroxylation is 2. The van der Waals surface area contributed by atoms with Gasteiger partial charge in [0, 0.05) is 21.9 Å². The van der Waals surface area contributed by atoms with Gasteiger partial charge in [-0.3, -0.25) is 0 Å². The van der Waals surface area contributed by atoms with Crippen molar-refractivity contribution in [1.82, 2.24) is 0 Å². The second kappa shape index (κ2) is 6.64. The molecule has 0 saturated carbocycles. The SMILES string of the molecule is COc1c(C)cc2cccc(O)c2c1-c1c(OC)c(C)cc2cccc(O)c12. The van der Waals surface area contributed by atoms with E-state index in [-0.39, 0.29) is 11.5 Å². The number of ether oxygens (including phenoxy) is 2. The molecular weight excluding hydrogens is 352 g/mol. The van der Waals surface area contributed by atoms with E-state index in [9.17, 15) is 10.2 Å². The van der Waals surface area contributed by atoms with Crippen LogP contribution in [0, 0.1) is 13.8 Å². The Balaban J connectivity index is 2.35. The Bertz CT molecular complexity index is 1130. The quantitative estimate of drug-likeness (QED) is 0.482. The molecule has 4 aromatic carbocycles. The number of aromatic hydroxyl groups is 2. The Morgan fingerprint density at radius 1 is 0.643 bits per heavy atom. The van der Waals surface area contributed by atoms with Gasteiger partial charge in [-0.05, 0) is 60.0 Å². The molecule has 0 unspecified atom stereocenters. The summed E-state index contributed by atoms with van der Waals surface area (Å²) in [6.07, 6.45) is 0. The van der Waals surface area contributed by atoms with Crippen molar-refractivity contribution in [1.29, 1.82) is 0 Å². The molecule has 0 heterocycles. The first-order valence-corrected chi connectivity index (χ1v) is 9.06. The lowest BCUT2D eigenvalue weighted by Crippen LogP contribution is -1.98. The van der Waals surface area contributed by atoms with Crippen LogP contribution in [0.15, 0.2) is 48.5 Å². The number of hydrogen-bond donors (Lipinski definition) is 2. The molecule has 0 fully saturated rings. The van der Waals surface area contributed by atoms with Gasteiger partial charge in [-0.25, -0.2) is 0 Å². The van der Waals surface area contributed by atoms with E-state index in [0.717, 1.165) is 21.9 Å². The molecule has 0 aliphatic rings. The average Bonchev–Trinajstić information content (AvgIpc) is 2.66. The predicted octanol–water partition coefficient (Wildman–Crippen LogP) is 5.71. The highest BCUT2D eigenvalue weighted by Crippen LogP contribution is 2.51. The van der Waals surface area contributed by atoms with Gasteiger partial charge in [0.2, 0.25) is 0 Å². The minimum Gasteiger partial charge on any atom is -0.507 e. The molecule has 4 heteroatoms. The number of methoxy groups -OCH3 is 2. The Morgan fingerprint density at radius 2 is 1.04 bits per heavy atom. The van der Waals surface area contributed by atoms with Crippen LogP contribution in [0.5, 0.6) is 23.0 Å². The molecule has 0 amide bonds. The first-order valence-electron chi connectivity index (χ1n) is 9.06. The summed E-state index contributed by atoms with van der Waals surface area (Å²) >= 11 is 0. The summed E-state index contributed by atoms with van der Waals surface area (Å²) in [5.74, 6) is 1.58. The standard InChI is InChI=1S/C24H22O4/c1-13-11-15-7-5-9-17(25)19(15)21(23(13)27-3)22-20-16(8-6-10-18(20)26)12-14(2)24(22)28-4/h5-12,25-26H,1-4H3. The first-order chi connectivity index (χ1) is 13.5. The summed E-state index contributed by atoms with van der Waals surface area (Å²) in [6.45, 7) is 3.94. The number of fused-ring (bicyclic) bond motifs is 2. The van der Waals surface area contributed by atoms with Gasteiger partial charge < -0.3 is 19.7 Å². The summed E-state index contributed by atoms with van der Waals surface area (Å²) in [7, 11) is 3.23. The molecule has 4 nitrogen and oxygen atoms in total. The van der Waals surface area contributed by atoms with Crippen molar-refractivity contribution in [2.24, 2.45) is 0 Å². The molecule has 0 saturated heterocycles. The Labute approximate surface area is 163 Å². The average molecular weight is 374 g/mol. The highest BCUT2D eigenvalue weighted by molar-refractivity contribution is 6.14. The van der Waals surface area contributed by atoms with Crippen LogP contribution in [0.4, 0.5) is 0 Å². The van der Waals surface area contributed by atoms with Crippen molar-refractivity contribution < 1.29 is 19.7 Å². The molecule has 4 aromatic rings. The topological polar surface area (TPSA) is 58.9 Å². The van der Waals surface area contributed by atoms with Crippen molar-refractivity contribution in [2.45, 2.75) is 13.8 Å². The molecule has 142 valence electrons. The van der Waals surface area contributed by atoms with Crippen molar-refractivity contribution >= 4 is 21.5 Å². The minimum atomic E-state index is 0.151. The molecule has 0 aliphatic heterocycles. The van der Waals surface area contributed by atoms with E-state index >= 15 is 0 Å². The molecule has 0 spiro atoms. The number of phenols is 2. The Morgan fingerprint density at radius 3 is 1.39 bits per heavy atom. The number of hydrogen-bond acceptors (Lipinski definition) is 4. The van der Waals surface area contributed by atoms with Crippen LogP contribution in [0.3, 0.4) is 0 Å². The third-order valence-electron chi connectivity index (χ3n) is 5.22. The van der Waals surface area contributed by atoms with E-state index in [1.54, 1.807) is 26.4 Å². The van der Waals surface area contributed by atoms with Crippen molar-refractivity contribution in [3.8, 4) is 34.1 Å². The van der Waals surface area contributed by atoms with Crippen molar-refractivity contribution in [3.63, 3.8) is 0 Å². The monoisotopic (exact) mass is 374 g/mol. The van der Waals surface area contributed by atoms with Gasteiger partial charge in [0.25, 0.3) is 0 Å². The lowest BCUT2D eigenvalue weighted by atomic mass is 9.88. The highest BCUT2D eigenvalue weighted by atomic mass is 16.5. The van der Waals surface area contributed by atoms with Gasteiger partial charge in [0.05, 0.1) is 14.2 Å². The van der Waals surface area contributed by atoms with Crippen LogP contribution in [-0.2, 0) is 0 Å². The molecule has 0 atom stereocenters. The van der Waals surface area contributed by atoms with Gasteiger partial charge in [-0.15, -0.1) is 0 Å². The van der Waals surface area contributed by atoms with Crippen LogP contribution < -0.4 is 9.47 Å². The molecule has 0 aromatic heterocycles. The molecule has 0 bridgehead atoms. The summed E-state index contributed by atoms with van der Waals surface area (Å²) in [5, 5.41) is 24.6. The minimum absolute atomic E-state index is 0.151. The zero-order valence-electron chi connectivity index (χ0n) is 16.3. The fraction of sp³-hybridized carbons (Fsp3) is 0.167. The summed E-state index contributed by atoms with van der Waals surface area (Å²) in [4.78, 5) is 0. The maximum atomic E-state index is 10.7. The number of benzene rings is 4. The summed E-state index contributed by atoms with van der Waals surface area (Å²) in [6, 6.07) is 14.8. The van der Waals surface area contributed by atoms with Crippen molar-refractivity contribution in [2.75, 3.05) is 14.2 Å². The third kappa shape index (κ3) is 2.53. The maximum absolute atomic E-state index is 10.7. The zero-order chi connectivity index (χ0) is 20.0. The first kappa shape index (κ1) is 18.0. The van der Waals surface area contributed by atoms with E-state index in [4.69, 9.17) is 9.47 Å². The second-order valence-corrected chi connectivity index (χ2v) is 6.95. The Hall–Kier alpha value is -3.40. The molecular formula is C24H22O4. The van der Waals surface area contributed by atoms with Crippen LogP contribution >= 0.6 is 0 Å². The van der Waals surface area contributed by atoms with Gasteiger partial charge >= 0.3 is 0 Å². The second-order valence-electron chi connectivity index (χ2n) is 6.95. The molecule has 0 aliphatic carbocycles. The van der Waals surface area contributed by atoms with Crippen LogP contribution in [0.2, 0.25) is 0 Å². The largest absolute Gasteiger partial charge is 0.507 e. The van der Waals surface area contributed by atoms with E-state index in [0.29, 0.717) is 33.4 Å². The van der Waals surface area contributed by atoms with E-state index in [1.807, 2.05) is 50.2 Å². The third-order valence-corrected chi connectivity index (χ3v) is 5.22. The van der Waals surface area contributed by atoms with Crippen molar-refractivity contribution in [3.05, 3.63) is 59.7 Å². The van der Waals surface area contributed by atoms with Gasteiger partial charge in [-0.1, -0.05) is 24.3 Å². The fourth-order valence-corrected chi connectivity index (χ4v) is 4.12. The molecule has 2 N–H and O–H groups in total.